The monoisotopic (exact) mass is 309 g/mol. The summed E-state index contributed by atoms with van der Waals surface area (Å²) >= 11 is 0. The molecule has 21 heavy (non-hydrogen) atoms. The van der Waals surface area contributed by atoms with Crippen molar-refractivity contribution in [1.29, 1.82) is 0 Å². The third kappa shape index (κ3) is 6.06. The number of nitrogens with zero attached hydrogens (tertiary/aromatic N) is 1. The number of anilines is 1. The maximum Gasteiger partial charge on any atom is 0.225 e. The molecule has 1 fully saturated rings. The molecule has 0 aromatic heterocycles. The van der Waals surface area contributed by atoms with E-state index in [1.165, 1.54) is 12.0 Å². The molecule has 0 saturated carbocycles. The minimum atomic E-state index is 0. The van der Waals surface area contributed by atoms with Gasteiger partial charge >= 0.3 is 0 Å². The van der Waals surface area contributed by atoms with Crippen molar-refractivity contribution >= 4 is 11.6 Å². The maximum atomic E-state index is 12.0. The molecule has 1 aromatic rings. The number of nitrogens with one attached hydrogen (secondary N) is 1. The molecule has 0 radical (unpaired) electrons. The minimum absolute atomic E-state index is 0. The molecule has 3 nitrogen and oxygen atoms in total. The smallest absolute Gasteiger partial charge is 0.225 e. The van der Waals surface area contributed by atoms with Crippen LogP contribution in [0.25, 0.3) is 0 Å². The van der Waals surface area contributed by atoms with E-state index in [1.807, 2.05) is 31.2 Å². The molecule has 4 heteroatoms. The molecule has 0 spiro atoms. The Morgan fingerprint density at radius 3 is 2.57 bits per heavy atom. The van der Waals surface area contributed by atoms with Gasteiger partial charge in [-0.15, -0.1) is 0 Å². The van der Waals surface area contributed by atoms with Crippen LogP contribution in [0.15, 0.2) is 24.3 Å². The molecule has 1 aliphatic rings. The van der Waals surface area contributed by atoms with E-state index in [-0.39, 0.29) is 18.3 Å². The lowest BCUT2D eigenvalue weighted by atomic mass is 9.92. The van der Waals surface area contributed by atoms with Crippen LogP contribution in [0.4, 0.5) is 5.69 Å². The average molecular weight is 310 g/mol. The van der Waals surface area contributed by atoms with Crippen LogP contribution in [0.5, 0.6) is 0 Å². The number of benzene rings is 1. The molecule has 1 saturated heterocycles. The van der Waals surface area contributed by atoms with E-state index in [9.17, 15) is 4.79 Å². The van der Waals surface area contributed by atoms with E-state index >= 15 is 0 Å². The summed E-state index contributed by atoms with van der Waals surface area (Å²) in [6.07, 6.45) is 1.89. The van der Waals surface area contributed by atoms with Gasteiger partial charge in [0.05, 0.1) is 0 Å². The van der Waals surface area contributed by atoms with Gasteiger partial charge in [-0.05, 0) is 42.9 Å². The van der Waals surface area contributed by atoms with Crippen molar-refractivity contribution in [2.75, 3.05) is 25.0 Å². The lowest BCUT2D eigenvalue weighted by Crippen LogP contribution is -3.00. The number of rotatable bonds is 4. The lowest BCUT2D eigenvalue weighted by molar-refractivity contribution is -0.116. The van der Waals surface area contributed by atoms with Crippen molar-refractivity contribution in [3.63, 3.8) is 0 Å². The van der Waals surface area contributed by atoms with Crippen molar-refractivity contribution in [1.82, 2.24) is 4.90 Å². The second-order valence-corrected chi connectivity index (χ2v) is 6.37. The SMILES string of the molecule is Cc1cccc(NC(=O)CCN2CC(C)CC(C)C2)c1.[Cl-]. The molecule has 1 aliphatic heterocycles. The summed E-state index contributed by atoms with van der Waals surface area (Å²) in [4.78, 5) is 14.4. The van der Waals surface area contributed by atoms with Crippen molar-refractivity contribution in [3.8, 4) is 0 Å². The number of hydrogen-bond donors (Lipinski definition) is 1. The lowest BCUT2D eigenvalue weighted by Gasteiger charge is -2.34. The molecule has 2 atom stereocenters. The van der Waals surface area contributed by atoms with Crippen molar-refractivity contribution < 1.29 is 17.2 Å². The van der Waals surface area contributed by atoms with E-state index < -0.39 is 0 Å². The molecule has 1 aromatic carbocycles. The van der Waals surface area contributed by atoms with Crippen LogP contribution in [0.2, 0.25) is 0 Å². The summed E-state index contributed by atoms with van der Waals surface area (Å²) in [5.74, 6) is 1.61. The van der Waals surface area contributed by atoms with Crippen molar-refractivity contribution in [3.05, 3.63) is 29.8 Å². The molecule has 118 valence electrons. The van der Waals surface area contributed by atoms with Gasteiger partial charge in [-0.2, -0.15) is 0 Å². The van der Waals surface area contributed by atoms with Gasteiger partial charge in [-0.25, -0.2) is 0 Å². The summed E-state index contributed by atoms with van der Waals surface area (Å²) in [6, 6.07) is 7.95. The van der Waals surface area contributed by atoms with Crippen LogP contribution in [-0.2, 0) is 4.79 Å². The standard InChI is InChI=1S/C17H26N2O.ClH/c1-13-5-4-6-16(10-13)18-17(20)7-8-19-11-14(2)9-15(3)12-19;/h4-6,10,14-15H,7-9,11-12H2,1-3H3,(H,18,20);1H/p-1. The van der Waals surface area contributed by atoms with Gasteiger partial charge in [0.25, 0.3) is 0 Å². The number of piperidine rings is 1. The summed E-state index contributed by atoms with van der Waals surface area (Å²) in [7, 11) is 0. The highest BCUT2D eigenvalue weighted by atomic mass is 35.5. The van der Waals surface area contributed by atoms with Gasteiger partial charge in [-0.3, -0.25) is 4.79 Å². The Morgan fingerprint density at radius 2 is 1.95 bits per heavy atom. The van der Waals surface area contributed by atoms with Crippen LogP contribution in [0.1, 0.15) is 32.3 Å². The van der Waals surface area contributed by atoms with E-state index in [4.69, 9.17) is 0 Å². The Bertz CT molecular complexity index is 454. The first-order valence-electron chi connectivity index (χ1n) is 7.62. The van der Waals surface area contributed by atoms with Crippen LogP contribution in [0.3, 0.4) is 0 Å². The molecule has 1 heterocycles. The number of halogens is 1. The first kappa shape index (κ1) is 18.0. The van der Waals surface area contributed by atoms with E-state index in [2.05, 4.69) is 24.1 Å². The highest BCUT2D eigenvalue weighted by molar-refractivity contribution is 5.90. The zero-order valence-corrected chi connectivity index (χ0v) is 14.0. The van der Waals surface area contributed by atoms with Crippen molar-refractivity contribution in [2.45, 2.75) is 33.6 Å². The molecule has 0 aliphatic carbocycles. The highest BCUT2D eigenvalue weighted by Crippen LogP contribution is 2.21. The van der Waals surface area contributed by atoms with Crippen LogP contribution >= 0.6 is 0 Å². The number of amides is 1. The van der Waals surface area contributed by atoms with Crippen LogP contribution < -0.4 is 17.7 Å². The van der Waals surface area contributed by atoms with E-state index in [0.717, 1.165) is 37.2 Å². The third-order valence-electron chi connectivity index (χ3n) is 3.90. The van der Waals surface area contributed by atoms with Crippen molar-refractivity contribution in [2.24, 2.45) is 11.8 Å². The predicted molar refractivity (Wildman–Crippen MR) is 83.8 cm³/mol. The Hall–Kier alpha value is -1.06. The fourth-order valence-electron chi connectivity index (χ4n) is 3.18. The molecule has 2 unspecified atom stereocenters. The molecule has 1 amide bonds. The first-order valence-corrected chi connectivity index (χ1v) is 7.62. The van der Waals surface area contributed by atoms with Gasteiger partial charge in [0.2, 0.25) is 5.91 Å². The van der Waals surface area contributed by atoms with Gasteiger partial charge < -0.3 is 22.6 Å². The molecular weight excluding hydrogens is 284 g/mol. The van der Waals surface area contributed by atoms with Gasteiger partial charge in [0, 0.05) is 31.7 Å². The molecule has 1 N–H and O–H groups in total. The van der Waals surface area contributed by atoms with Gasteiger partial charge in [0.1, 0.15) is 0 Å². The molecular formula is C17H26ClN2O-. The topological polar surface area (TPSA) is 32.3 Å². The Balaban J connectivity index is 0.00000220. The summed E-state index contributed by atoms with van der Waals surface area (Å²) in [5.41, 5.74) is 2.07. The second-order valence-electron chi connectivity index (χ2n) is 6.37. The average Bonchev–Trinajstić information content (AvgIpc) is 2.35. The minimum Gasteiger partial charge on any atom is -1.00 e. The zero-order chi connectivity index (χ0) is 14.5. The second kappa shape index (κ2) is 8.40. The fourth-order valence-corrected chi connectivity index (χ4v) is 3.18. The predicted octanol–water partition coefficient (Wildman–Crippen LogP) is 0.306. The summed E-state index contributed by atoms with van der Waals surface area (Å²) < 4.78 is 0. The molecule has 0 bridgehead atoms. The zero-order valence-electron chi connectivity index (χ0n) is 13.2. The maximum absolute atomic E-state index is 12.0. The highest BCUT2D eigenvalue weighted by Gasteiger charge is 2.21. The normalized spacial score (nSPS) is 22.4. The van der Waals surface area contributed by atoms with E-state index in [1.54, 1.807) is 0 Å². The fraction of sp³-hybridized carbons (Fsp3) is 0.588. The number of hydrogen-bond acceptors (Lipinski definition) is 2. The van der Waals surface area contributed by atoms with Gasteiger partial charge in [-0.1, -0.05) is 26.0 Å². The Kier molecular flexibility index (Phi) is 7.20. The van der Waals surface area contributed by atoms with Crippen LogP contribution in [0, 0.1) is 18.8 Å². The van der Waals surface area contributed by atoms with E-state index in [0.29, 0.717) is 6.42 Å². The summed E-state index contributed by atoms with van der Waals surface area (Å²) in [6.45, 7) is 9.76. The Labute approximate surface area is 134 Å². The number of carbonyl (C=O) groups excluding carboxylic acids is 1. The molecule has 2 rings (SSSR count). The number of likely N-dealkylation sites (tertiary alicyclic amines) is 1. The quantitative estimate of drug-likeness (QED) is 0.868. The van der Waals surface area contributed by atoms with Gasteiger partial charge in [0.15, 0.2) is 0 Å². The Morgan fingerprint density at radius 1 is 1.29 bits per heavy atom. The first-order chi connectivity index (χ1) is 9.52. The van der Waals surface area contributed by atoms with Crippen LogP contribution in [-0.4, -0.2) is 30.4 Å². The third-order valence-corrected chi connectivity index (χ3v) is 3.90. The number of carbonyl (C=O) groups is 1. The summed E-state index contributed by atoms with van der Waals surface area (Å²) in [5, 5.41) is 2.98. The largest absolute Gasteiger partial charge is 1.00 e. The number of aryl methyl sites for hydroxylation is 1.